The van der Waals surface area contributed by atoms with Crippen LogP contribution in [0, 0.1) is 5.82 Å². The van der Waals surface area contributed by atoms with Gasteiger partial charge in [-0.1, -0.05) is 0 Å². The summed E-state index contributed by atoms with van der Waals surface area (Å²) in [6.07, 6.45) is 6.13. The van der Waals surface area contributed by atoms with E-state index in [1.807, 2.05) is 7.05 Å². The third kappa shape index (κ3) is 3.98. The fraction of sp³-hybridized carbons (Fsp3) is 0.182. The first-order valence-corrected chi connectivity index (χ1v) is 9.88. The van der Waals surface area contributed by atoms with Crippen LogP contribution in [0.2, 0.25) is 0 Å². The van der Waals surface area contributed by atoms with Crippen molar-refractivity contribution in [3.05, 3.63) is 61.2 Å². The molecule has 0 spiro atoms. The van der Waals surface area contributed by atoms with Crippen LogP contribution in [0.25, 0.3) is 45.1 Å². The van der Waals surface area contributed by atoms with Crippen LogP contribution in [-0.4, -0.2) is 46.9 Å². The van der Waals surface area contributed by atoms with E-state index in [0.29, 0.717) is 45.1 Å². The topological polar surface area (TPSA) is 94.8 Å². The van der Waals surface area contributed by atoms with Crippen molar-refractivity contribution in [1.29, 1.82) is 0 Å². The number of hydrogen-bond acceptors (Lipinski definition) is 6. The number of nitrogens with zero attached hydrogens (tertiary/aromatic N) is 6. The molecule has 0 amide bonds. The van der Waals surface area contributed by atoms with Crippen LogP contribution < -0.4 is 0 Å². The molecule has 11 heteroatoms. The maximum absolute atomic E-state index is 13.9. The highest BCUT2D eigenvalue weighted by Crippen LogP contribution is 2.36. The zero-order valence-corrected chi connectivity index (χ0v) is 17.3. The average molecular weight is 454 g/mol. The fourth-order valence-corrected chi connectivity index (χ4v) is 3.52. The minimum Gasteiger partial charge on any atom is -0.436 e. The highest BCUT2D eigenvalue weighted by atomic mass is 19.3. The summed E-state index contributed by atoms with van der Waals surface area (Å²) in [4.78, 5) is 12.8. The number of furan rings is 1. The summed E-state index contributed by atoms with van der Waals surface area (Å²) >= 11 is 0. The Balaban J connectivity index is 1.68. The Bertz CT molecular complexity index is 1440. The maximum Gasteiger partial charge on any atom is 0.289 e. The van der Waals surface area contributed by atoms with Crippen molar-refractivity contribution in [2.75, 3.05) is 6.61 Å². The molecule has 0 bridgehead atoms. The van der Waals surface area contributed by atoms with Gasteiger partial charge in [0.05, 0.1) is 17.4 Å². The van der Waals surface area contributed by atoms with Crippen molar-refractivity contribution in [3.63, 3.8) is 0 Å². The number of aliphatic hydroxyl groups is 1. The van der Waals surface area contributed by atoms with Crippen LogP contribution in [0.15, 0.2) is 59.8 Å². The average Bonchev–Trinajstić information content (AvgIpc) is 3.51. The lowest BCUT2D eigenvalue weighted by molar-refractivity contribution is -0.0651. The van der Waals surface area contributed by atoms with Crippen LogP contribution in [0.5, 0.6) is 0 Å². The molecule has 1 N–H and O–H groups in total. The number of aromatic nitrogens is 6. The number of alkyl halides is 2. The molecule has 0 atom stereocenters. The number of halogens is 3. The van der Waals surface area contributed by atoms with Gasteiger partial charge < -0.3 is 14.1 Å². The molecule has 5 rings (SSSR count). The number of rotatable bonds is 6. The minimum atomic E-state index is -3.37. The summed E-state index contributed by atoms with van der Waals surface area (Å²) in [7, 11) is 1.83. The maximum atomic E-state index is 13.9. The van der Waals surface area contributed by atoms with E-state index in [1.54, 1.807) is 23.2 Å². The smallest absolute Gasteiger partial charge is 0.289 e. The summed E-state index contributed by atoms with van der Waals surface area (Å²) in [5.74, 6) is -3.34. The lowest BCUT2D eigenvalue weighted by Gasteiger charge is -2.12. The van der Waals surface area contributed by atoms with E-state index in [9.17, 15) is 13.2 Å². The summed E-state index contributed by atoms with van der Waals surface area (Å²) in [6.45, 7) is -2.16. The Kier molecular flexibility index (Phi) is 4.97. The number of hydrogen-bond donors (Lipinski definition) is 1. The van der Waals surface area contributed by atoms with Gasteiger partial charge in [0, 0.05) is 30.6 Å². The first kappa shape index (κ1) is 20.9. The van der Waals surface area contributed by atoms with Gasteiger partial charge in [-0.3, -0.25) is 4.68 Å². The SMILES string of the molecule is Cn1cnc(-c2cc3c(-c4cn(CC(F)(F)CO)nc4-c4ccc(F)cc4)ncnc3o2)c1. The molecule has 168 valence electrons. The van der Waals surface area contributed by atoms with Gasteiger partial charge in [0.25, 0.3) is 5.92 Å². The van der Waals surface area contributed by atoms with Crippen molar-refractivity contribution in [1.82, 2.24) is 29.3 Å². The number of fused-ring (bicyclic) bond motifs is 1. The second-order valence-electron chi connectivity index (χ2n) is 7.59. The summed E-state index contributed by atoms with van der Waals surface area (Å²) in [5, 5.41) is 13.8. The number of benzene rings is 1. The highest BCUT2D eigenvalue weighted by molar-refractivity contribution is 5.95. The zero-order chi connectivity index (χ0) is 23.2. The third-order valence-electron chi connectivity index (χ3n) is 5.05. The Morgan fingerprint density at radius 1 is 1.06 bits per heavy atom. The number of aliphatic hydroxyl groups excluding tert-OH is 1. The Hall–Kier alpha value is -3.99. The monoisotopic (exact) mass is 454 g/mol. The van der Waals surface area contributed by atoms with Gasteiger partial charge in [-0.25, -0.2) is 28.1 Å². The first-order valence-electron chi connectivity index (χ1n) is 9.88. The molecule has 8 nitrogen and oxygen atoms in total. The molecule has 4 heterocycles. The molecule has 0 saturated heterocycles. The molecule has 1 aromatic carbocycles. The van der Waals surface area contributed by atoms with Gasteiger partial charge in [-0.15, -0.1) is 0 Å². The van der Waals surface area contributed by atoms with Crippen LogP contribution in [0.3, 0.4) is 0 Å². The van der Waals surface area contributed by atoms with Gasteiger partial charge in [-0.2, -0.15) is 5.10 Å². The molecule has 0 fully saturated rings. The summed E-state index contributed by atoms with van der Waals surface area (Å²) < 4.78 is 49.9. The lowest BCUT2D eigenvalue weighted by atomic mass is 10.0. The molecule has 5 aromatic rings. The number of imidazole rings is 1. The van der Waals surface area contributed by atoms with Gasteiger partial charge in [0.2, 0.25) is 5.71 Å². The van der Waals surface area contributed by atoms with E-state index in [2.05, 4.69) is 20.1 Å². The van der Waals surface area contributed by atoms with E-state index in [1.165, 1.54) is 36.8 Å². The van der Waals surface area contributed by atoms with Crippen LogP contribution in [0.4, 0.5) is 13.2 Å². The van der Waals surface area contributed by atoms with Crippen molar-refractivity contribution >= 4 is 11.1 Å². The van der Waals surface area contributed by atoms with E-state index < -0.39 is 24.9 Å². The first-order chi connectivity index (χ1) is 15.8. The van der Waals surface area contributed by atoms with Crippen LogP contribution >= 0.6 is 0 Å². The van der Waals surface area contributed by atoms with Gasteiger partial charge >= 0.3 is 0 Å². The predicted molar refractivity (Wildman–Crippen MR) is 113 cm³/mol. The molecule has 0 unspecified atom stereocenters. The van der Waals surface area contributed by atoms with Crippen molar-refractivity contribution in [3.8, 4) is 34.0 Å². The van der Waals surface area contributed by atoms with Crippen molar-refractivity contribution in [2.45, 2.75) is 12.5 Å². The quantitative estimate of drug-likeness (QED) is 0.418. The van der Waals surface area contributed by atoms with Crippen molar-refractivity contribution in [2.24, 2.45) is 7.05 Å². The Labute approximate surface area is 185 Å². The molecule has 0 aliphatic carbocycles. The van der Waals surface area contributed by atoms with E-state index in [4.69, 9.17) is 9.52 Å². The Morgan fingerprint density at radius 2 is 1.85 bits per heavy atom. The molecule has 0 radical (unpaired) electrons. The number of aryl methyl sites for hydroxylation is 1. The second kappa shape index (κ2) is 7.85. The fourth-order valence-electron chi connectivity index (χ4n) is 3.52. The molecular formula is C22H17F3N6O2. The van der Waals surface area contributed by atoms with Gasteiger partial charge in [0.1, 0.15) is 36.7 Å². The minimum absolute atomic E-state index is 0.291. The molecule has 33 heavy (non-hydrogen) atoms. The lowest BCUT2D eigenvalue weighted by Crippen LogP contribution is -2.28. The van der Waals surface area contributed by atoms with E-state index in [-0.39, 0.29) is 0 Å². The van der Waals surface area contributed by atoms with E-state index in [0.717, 1.165) is 4.68 Å². The third-order valence-corrected chi connectivity index (χ3v) is 5.05. The van der Waals surface area contributed by atoms with Gasteiger partial charge in [0.15, 0.2) is 5.76 Å². The largest absolute Gasteiger partial charge is 0.436 e. The van der Waals surface area contributed by atoms with Crippen molar-refractivity contribution < 1.29 is 22.7 Å². The Morgan fingerprint density at radius 3 is 2.55 bits per heavy atom. The van der Waals surface area contributed by atoms with Gasteiger partial charge in [-0.05, 0) is 30.3 Å². The standard InChI is InChI=1S/C22H17F3N6O2/c1-30-8-17(28-12-30)18-6-15-20(26-11-27-21(15)33-18)16-7-31(9-22(24,25)10-32)29-19(16)13-2-4-14(23)5-3-13/h2-8,11-12,32H,9-10H2,1H3. The van der Waals surface area contributed by atoms with Crippen LogP contribution in [0.1, 0.15) is 0 Å². The molecule has 4 aromatic heterocycles. The zero-order valence-electron chi connectivity index (χ0n) is 17.3. The van der Waals surface area contributed by atoms with Crippen LogP contribution in [-0.2, 0) is 13.6 Å². The molecular weight excluding hydrogens is 437 g/mol. The molecule has 0 aliphatic rings. The summed E-state index contributed by atoms with van der Waals surface area (Å²) in [5.41, 5.74) is 2.56. The van der Waals surface area contributed by atoms with E-state index >= 15 is 0 Å². The predicted octanol–water partition coefficient (Wildman–Crippen LogP) is 3.92. The molecule has 0 saturated carbocycles. The normalized spacial score (nSPS) is 12.0. The molecule has 0 aliphatic heterocycles. The highest BCUT2D eigenvalue weighted by Gasteiger charge is 2.30. The second-order valence-corrected chi connectivity index (χ2v) is 7.59. The summed E-state index contributed by atoms with van der Waals surface area (Å²) in [6, 6.07) is 7.24.